The summed E-state index contributed by atoms with van der Waals surface area (Å²) in [5.74, 6) is -0.426. The Morgan fingerprint density at radius 2 is 1.86 bits per heavy atom. The van der Waals surface area contributed by atoms with E-state index in [1.165, 1.54) is 18.2 Å². The number of halogens is 3. The maximum Gasteiger partial charge on any atom is 0.573 e. The molecule has 1 N–H and O–H groups in total. The summed E-state index contributed by atoms with van der Waals surface area (Å²) in [6.07, 6.45) is -5.44. The first-order valence-corrected chi connectivity index (χ1v) is 6.92. The zero-order valence-electron chi connectivity index (χ0n) is 12.7. The van der Waals surface area contributed by atoms with Gasteiger partial charge < -0.3 is 14.8 Å². The molecule has 1 aromatic rings. The van der Waals surface area contributed by atoms with Crippen LogP contribution >= 0.6 is 0 Å². The Kier molecular flexibility index (Phi) is 6.67. The Morgan fingerprint density at radius 1 is 1.23 bits per heavy atom. The van der Waals surface area contributed by atoms with Crippen LogP contribution in [0.3, 0.4) is 0 Å². The van der Waals surface area contributed by atoms with Gasteiger partial charge in [-0.05, 0) is 18.9 Å². The maximum absolute atomic E-state index is 12.3. The molecule has 0 saturated carbocycles. The predicted octanol–water partition coefficient (Wildman–Crippen LogP) is 3.26. The molecule has 0 aliphatic heterocycles. The molecule has 0 aliphatic rings. The Labute approximate surface area is 127 Å². The van der Waals surface area contributed by atoms with Gasteiger partial charge in [0.15, 0.2) is 0 Å². The third kappa shape index (κ3) is 6.80. The number of benzene rings is 1. The first-order valence-electron chi connectivity index (χ1n) is 6.92. The fourth-order valence-corrected chi connectivity index (χ4v) is 1.61. The highest BCUT2D eigenvalue weighted by Gasteiger charge is 2.32. The Morgan fingerprint density at radius 3 is 2.45 bits per heavy atom. The number of nitrogens with one attached hydrogen (secondary N) is 1. The van der Waals surface area contributed by atoms with E-state index in [1.807, 2.05) is 13.8 Å². The zero-order chi connectivity index (χ0) is 16.8. The lowest BCUT2D eigenvalue weighted by atomic mass is 10.2. The van der Waals surface area contributed by atoms with Gasteiger partial charge in [-0.25, -0.2) is 0 Å². The zero-order valence-corrected chi connectivity index (χ0v) is 12.7. The molecule has 22 heavy (non-hydrogen) atoms. The van der Waals surface area contributed by atoms with E-state index in [4.69, 9.17) is 4.74 Å². The van der Waals surface area contributed by atoms with Crippen molar-refractivity contribution in [3.63, 3.8) is 0 Å². The van der Waals surface area contributed by atoms with Crippen molar-refractivity contribution in [2.45, 2.75) is 39.8 Å². The van der Waals surface area contributed by atoms with Crippen molar-refractivity contribution in [3.8, 4) is 5.75 Å². The van der Waals surface area contributed by atoms with E-state index in [9.17, 15) is 18.0 Å². The normalized spacial score (nSPS) is 13.0. The van der Waals surface area contributed by atoms with Crippen LogP contribution < -0.4 is 10.1 Å². The highest BCUT2D eigenvalue weighted by atomic mass is 19.4. The second-order valence-corrected chi connectivity index (χ2v) is 5.24. The fraction of sp³-hybridized carbons (Fsp3) is 0.533. The van der Waals surface area contributed by atoms with E-state index >= 15 is 0 Å². The van der Waals surface area contributed by atoms with E-state index in [-0.39, 0.29) is 29.7 Å². The minimum absolute atomic E-state index is 0.0690. The average Bonchev–Trinajstić information content (AvgIpc) is 2.41. The summed E-state index contributed by atoms with van der Waals surface area (Å²) in [4.78, 5) is 11.8. The van der Waals surface area contributed by atoms with E-state index in [0.29, 0.717) is 6.61 Å². The third-order valence-corrected chi connectivity index (χ3v) is 2.70. The molecule has 124 valence electrons. The molecule has 1 aromatic carbocycles. The van der Waals surface area contributed by atoms with Crippen molar-refractivity contribution in [1.82, 2.24) is 5.32 Å². The minimum Gasteiger partial charge on any atom is -0.405 e. The lowest BCUT2D eigenvalue weighted by Gasteiger charge is -2.16. The largest absolute Gasteiger partial charge is 0.573 e. The van der Waals surface area contributed by atoms with E-state index in [2.05, 4.69) is 10.1 Å². The molecule has 1 rings (SSSR count). The molecule has 0 fully saturated rings. The fourth-order valence-electron chi connectivity index (χ4n) is 1.61. The monoisotopic (exact) mass is 319 g/mol. The van der Waals surface area contributed by atoms with E-state index in [1.54, 1.807) is 13.0 Å². The minimum atomic E-state index is -4.77. The number of hydrogen-bond donors (Lipinski definition) is 1. The molecule has 4 nitrogen and oxygen atoms in total. The smallest absolute Gasteiger partial charge is 0.405 e. The van der Waals surface area contributed by atoms with Gasteiger partial charge in [-0.3, -0.25) is 4.79 Å². The standard InChI is InChI=1S/C15H20F3NO3/c1-10(2)9-21-11(3)14(20)19-8-12-6-4-5-7-13(12)22-15(16,17)18/h4-7,10-11H,8-9H2,1-3H3,(H,19,20). The summed E-state index contributed by atoms with van der Waals surface area (Å²) in [6, 6.07) is 5.67. The predicted molar refractivity (Wildman–Crippen MR) is 75.2 cm³/mol. The number of ether oxygens (including phenoxy) is 2. The second kappa shape index (κ2) is 8.03. The van der Waals surface area contributed by atoms with Gasteiger partial charge in [0.25, 0.3) is 0 Å². The van der Waals surface area contributed by atoms with Crippen LogP contribution in [0.25, 0.3) is 0 Å². The number of rotatable bonds is 7. The third-order valence-electron chi connectivity index (χ3n) is 2.70. The van der Waals surface area contributed by atoms with Gasteiger partial charge in [-0.1, -0.05) is 32.0 Å². The molecule has 1 amide bonds. The number of carbonyl (C=O) groups is 1. The lowest BCUT2D eigenvalue weighted by Crippen LogP contribution is -2.35. The summed E-state index contributed by atoms with van der Waals surface area (Å²) < 4.78 is 46.1. The summed E-state index contributed by atoms with van der Waals surface area (Å²) in [6.45, 7) is 5.86. The van der Waals surface area contributed by atoms with Crippen molar-refractivity contribution >= 4 is 5.91 Å². The van der Waals surface area contributed by atoms with Gasteiger partial charge in [0.05, 0.1) is 0 Å². The van der Waals surface area contributed by atoms with E-state index < -0.39 is 12.5 Å². The van der Waals surface area contributed by atoms with Gasteiger partial charge >= 0.3 is 6.36 Å². The highest BCUT2D eigenvalue weighted by Crippen LogP contribution is 2.26. The maximum atomic E-state index is 12.3. The van der Waals surface area contributed by atoms with Crippen LogP contribution in [0.15, 0.2) is 24.3 Å². The number of hydrogen-bond acceptors (Lipinski definition) is 3. The number of carbonyl (C=O) groups excluding carboxylic acids is 1. The molecule has 0 spiro atoms. The van der Waals surface area contributed by atoms with Gasteiger partial charge in [0, 0.05) is 18.7 Å². The molecule has 0 aromatic heterocycles. The van der Waals surface area contributed by atoms with Crippen molar-refractivity contribution < 1.29 is 27.4 Å². The lowest BCUT2D eigenvalue weighted by molar-refractivity contribution is -0.274. The highest BCUT2D eigenvalue weighted by molar-refractivity contribution is 5.80. The summed E-state index contributed by atoms with van der Waals surface area (Å²) >= 11 is 0. The molecular formula is C15H20F3NO3. The molecule has 0 saturated heterocycles. The van der Waals surface area contributed by atoms with Gasteiger partial charge in [-0.15, -0.1) is 13.2 Å². The van der Waals surface area contributed by atoms with Crippen molar-refractivity contribution in [1.29, 1.82) is 0 Å². The molecule has 0 aliphatic carbocycles. The molecule has 7 heteroatoms. The van der Waals surface area contributed by atoms with Gasteiger partial charge in [0.1, 0.15) is 11.9 Å². The molecule has 1 unspecified atom stereocenters. The van der Waals surface area contributed by atoms with Crippen molar-refractivity contribution in [2.75, 3.05) is 6.61 Å². The van der Waals surface area contributed by atoms with Gasteiger partial charge in [0.2, 0.25) is 5.91 Å². The van der Waals surface area contributed by atoms with Gasteiger partial charge in [-0.2, -0.15) is 0 Å². The summed E-state index contributed by atoms with van der Waals surface area (Å²) in [5, 5.41) is 2.54. The summed E-state index contributed by atoms with van der Waals surface area (Å²) in [7, 11) is 0. The van der Waals surface area contributed by atoms with Crippen LogP contribution in [0.1, 0.15) is 26.3 Å². The molecule has 0 bridgehead atoms. The Bertz CT molecular complexity index is 489. The Hall–Kier alpha value is -1.76. The number of amides is 1. The van der Waals surface area contributed by atoms with Crippen LogP contribution in [-0.2, 0) is 16.1 Å². The molecular weight excluding hydrogens is 299 g/mol. The van der Waals surface area contributed by atoms with Crippen LogP contribution in [0, 0.1) is 5.92 Å². The van der Waals surface area contributed by atoms with Crippen LogP contribution in [0.4, 0.5) is 13.2 Å². The number of alkyl halides is 3. The second-order valence-electron chi connectivity index (χ2n) is 5.24. The van der Waals surface area contributed by atoms with Crippen molar-refractivity contribution in [2.24, 2.45) is 5.92 Å². The molecule has 0 heterocycles. The van der Waals surface area contributed by atoms with Crippen molar-refractivity contribution in [3.05, 3.63) is 29.8 Å². The van der Waals surface area contributed by atoms with Crippen LogP contribution in [-0.4, -0.2) is 25.0 Å². The first kappa shape index (κ1) is 18.3. The topological polar surface area (TPSA) is 47.6 Å². The summed E-state index contributed by atoms with van der Waals surface area (Å²) in [5.41, 5.74) is 0.240. The quantitative estimate of drug-likeness (QED) is 0.839. The van der Waals surface area contributed by atoms with Crippen LogP contribution in [0.5, 0.6) is 5.75 Å². The van der Waals surface area contributed by atoms with E-state index in [0.717, 1.165) is 0 Å². The molecule has 0 radical (unpaired) electrons. The molecule has 1 atom stereocenters. The first-order chi connectivity index (χ1) is 10.2. The average molecular weight is 319 g/mol. The SMILES string of the molecule is CC(C)COC(C)C(=O)NCc1ccccc1OC(F)(F)F. The van der Waals surface area contributed by atoms with Crippen LogP contribution in [0.2, 0.25) is 0 Å². The Balaban J connectivity index is 2.59. The number of para-hydroxylation sites is 1.